The third-order valence-corrected chi connectivity index (χ3v) is 4.25. The lowest BCUT2D eigenvalue weighted by molar-refractivity contribution is 0.266. The van der Waals surface area contributed by atoms with E-state index in [-0.39, 0.29) is 6.61 Å². The van der Waals surface area contributed by atoms with Gasteiger partial charge in [-0.25, -0.2) is 0 Å². The summed E-state index contributed by atoms with van der Waals surface area (Å²) in [5.74, 6) is 0. The van der Waals surface area contributed by atoms with Crippen molar-refractivity contribution in [3.63, 3.8) is 0 Å². The van der Waals surface area contributed by atoms with Gasteiger partial charge in [-0.3, -0.25) is 4.68 Å². The normalized spacial score (nSPS) is 18.2. The highest BCUT2D eigenvalue weighted by Crippen LogP contribution is 2.29. The number of unbranched alkanes of at least 4 members (excludes halogenated alkanes) is 4. The molecular formula is C16H29N3O. The molecule has 20 heavy (non-hydrogen) atoms. The summed E-state index contributed by atoms with van der Waals surface area (Å²) in [7, 11) is 0. The fourth-order valence-electron chi connectivity index (χ4n) is 3.12. The maximum absolute atomic E-state index is 9.07. The number of aromatic nitrogens is 2. The van der Waals surface area contributed by atoms with Gasteiger partial charge >= 0.3 is 0 Å². The van der Waals surface area contributed by atoms with Crippen molar-refractivity contribution in [3.8, 4) is 0 Å². The first kappa shape index (κ1) is 15.5. The van der Waals surface area contributed by atoms with Crippen LogP contribution >= 0.6 is 0 Å². The SMILES string of the molecule is CCCCCCCNC1CCCc2c1cnn2CCO. The summed E-state index contributed by atoms with van der Waals surface area (Å²) in [5, 5.41) is 17.2. The van der Waals surface area contributed by atoms with Crippen LogP contribution in [0.1, 0.15) is 69.2 Å². The Balaban J connectivity index is 1.80. The Morgan fingerprint density at radius 3 is 3.00 bits per heavy atom. The van der Waals surface area contributed by atoms with E-state index in [4.69, 9.17) is 5.11 Å². The molecule has 0 saturated heterocycles. The van der Waals surface area contributed by atoms with Gasteiger partial charge < -0.3 is 10.4 Å². The van der Waals surface area contributed by atoms with Gasteiger partial charge in [0.1, 0.15) is 0 Å². The zero-order valence-corrected chi connectivity index (χ0v) is 12.8. The van der Waals surface area contributed by atoms with Crippen LogP contribution in [0.2, 0.25) is 0 Å². The van der Waals surface area contributed by atoms with Gasteiger partial charge in [0.05, 0.1) is 19.3 Å². The minimum absolute atomic E-state index is 0.170. The number of nitrogens with one attached hydrogen (secondary N) is 1. The van der Waals surface area contributed by atoms with Crippen LogP contribution < -0.4 is 5.32 Å². The van der Waals surface area contributed by atoms with E-state index < -0.39 is 0 Å². The van der Waals surface area contributed by atoms with Crippen molar-refractivity contribution in [1.82, 2.24) is 15.1 Å². The fraction of sp³-hybridized carbons (Fsp3) is 0.812. The number of hydrogen-bond donors (Lipinski definition) is 2. The minimum Gasteiger partial charge on any atom is -0.394 e. The van der Waals surface area contributed by atoms with E-state index in [1.165, 1.54) is 56.2 Å². The summed E-state index contributed by atoms with van der Waals surface area (Å²) in [5.41, 5.74) is 2.69. The second-order valence-corrected chi connectivity index (χ2v) is 5.81. The third kappa shape index (κ3) is 4.06. The summed E-state index contributed by atoms with van der Waals surface area (Å²) < 4.78 is 1.98. The highest BCUT2D eigenvalue weighted by atomic mass is 16.3. The quantitative estimate of drug-likeness (QED) is 0.683. The van der Waals surface area contributed by atoms with E-state index >= 15 is 0 Å². The zero-order chi connectivity index (χ0) is 14.2. The molecule has 1 atom stereocenters. The van der Waals surface area contributed by atoms with Gasteiger partial charge in [0, 0.05) is 17.3 Å². The summed E-state index contributed by atoms with van der Waals surface area (Å²) in [6.45, 7) is 4.16. The monoisotopic (exact) mass is 279 g/mol. The minimum atomic E-state index is 0.170. The number of aliphatic hydroxyl groups is 1. The molecule has 0 amide bonds. The standard InChI is InChI=1S/C16H29N3O/c1-2-3-4-5-6-10-17-15-8-7-9-16-14(15)13-18-19(16)11-12-20/h13,15,17,20H,2-12H2,1H3. The van der Waals surface area contributed by atoms with Gasteiger partial charge in [0.2, 0.25) is 0 Å². The molecule has 0 radical (unpaired) electrons. The molecular weight excluding hydrogens is 250 g/mol. The highest BCUT2D eigenvalue weighted by Gasteiger charge is 2.23. The van der Waals surface area contributed by atoms with E-state index in [2.05, 4.69) is 17.3 Å². The molecule has 2 rings (SSSR count). The van der Waals surface area contributed by atoms with E-state index in [1.54, 1.807) is 0 Å². The van der Waals surface area contributed by atoms with Crippen LogP contribution in [0.15, 0.2) is 6.20 Å². The van der Waals surface area contributed by atoms with Gasteiger partial charge in [-0.1, -0.05) is 32.6 Å². The van der Waals surface area contributed by atoms with Crippen molar-refractivity contribution >= 4 is 0 Å². The predicted molar refractivity (Wildman–Crippen MR) is 81.8 cm³/mol. The molecule has 0 saturated carbocycles. The van der Waals surface area contributed by atoms with Gasteiger partial charge in [-0.2, -0.15) is 5.10 Å². The van der Waals surface area contributed by atoms with Crippen molar-refractivity contribution < 1.29 is 5.11 Å². The van der Waals surface area contributed by atoms with Crippen molar-refractivity contribution in [3.05, 3.63) is 17.5 Å². The lowest BCUT2D eigenvalue weighted by Crippen LogP contribution is -2.26. The molecule has 0 bridgehead atoms. The molecule has 0 aromatic carbocycles. The van der Waals surface area contributed by atoms with Crippen LogP contribution in [-0.2, 0) is 13.0 Å². The fourth-order valence-corrected chi connectivity index (χ4v) is 3.12. The molecule has 2 N–H and O–H groups in total. The number of hydrogen-bond acceptors (Lipinski definition) is 3. The Morgan fingerprint density at radius 2 is 2.20 bits per heavy atom. The molecule has 114 valence electrons. The van der Waals surface area contributed by atoms with Crippen LogP contribution in [0.3, 0.4) is 0 Å². The molecule has 4 nitrogen and oxygen atoms in total. The molecule has 0 fully saturated rings. The van der Waals surface area contributed by atoms with E-state index in [9.17, 15) is 0 Å². The maximum Gasteiger partial charge on any atom is 0.0644 e. The van der Waals surface area contributed by atoms with E-state index in [1.807, 2.05) is 10.9 Å². The molecule has 0 aliphatic heterocycles. The molecule has 1 heterocycles. The highest BCUT2D eigenvalue weighted by molar-refractivity contribution is 5.24. The largest absolute Gasteiger partial charge is 0.394 e. The van der Waals surface area contributed by atoms with E-state index in [0.717, 1.165) is 13.0 Å². The first-order chi connectivity index (χ1) is 9.86. The Bertz CT molecular complexity index is 389. The first-order valence-electron chi connectivity index (χ1n) is 8.25. The Hall–Kier alpha value is -0.870. The topological polar surface area (TPSA) is 50.1 Å². The molecule has 1 aliphatic rings. The van der Waals surface area contributed by atoms with Crippen LogP contribution in [0.4, 0.5) is 0 Å². The van der Waals surface area contributed by atoms with Crippen LogP contribution in [0.25, 0.3) is 0 Å². The summed E-state index contributed by atoms with van der Waals surface area (Å²) in [6.07, 6.45) is 12.2. The number of nitrogens with zero attached hydrogens (tertiary/aromatic N) is 2. The zero-order valence-electron chi connectivity index (χ0n) is 12.8. The Kier molecular flexibility index (Phi) is 6.54. The Labute approximate surface area is 122 Å². The smallest absolute Gasteiger partial charge is 0.0644 e. The molecule has 1 unspecified atom stereocenters. The molecule has 1 aliphatic carbocycles. The van der Waals surface area contributed by atoms with Crippen molar-refractivity contribution in [2.24, 2.45) is 0 Å². The molecule has 4 heteroatoms. The average molecular weight is 279 g/mol. The number of fused-ring (bicyclic) bond motifs is 1. The van der Waals surface area contributed by atoms with Crippen LogP contribution in [-0.4, -0.2) is 28.0 Å². The molecule has 1 aromatic rings. The Morgan fingerprint density at radius 1 is 1.35 bits per heavy atom. The number of rotatable bonds is 9. The van der Waals surface area contributed by atoms with Crippen LogP contribution in [0, 0.1) is 0 Å². The maximum atomic E-state index is 9.07. The van der Waals surface area contributed by atoms with Gasteiger partial charge in [-0.15, -0.1) is 0 Å². The van der Waals surface area contributed by atoms with Gasteiger partial charge in [0.25, 0.3) is 0 Å². The lowest BCUT2D eigenvalue weighted by atomic mass is 9.93. The number of aliphatic hydroxyl groups excluding tert-OH is 1. The van der Waals surface area contributed by atoms with Crippen molar-refractivity contribution in [2.45, 2.75) is 70.9 Å². The van der Waals surface area contributed by atoms with Gasteiger partial charge in [0.15, 0.2) is 0 Å². The summed E-state index contributed by atoms with van der Waals surface area (Å²) >= 11 is 0. The summed E-state index contributed by atoms with van der Waals surface area (Å²) in [6, 6.07) is 0.470. The predicted octanol–water partition coefficient (Wildman–Crippen LogP) is 2.81. The van der Waals surface area contributed by atoms with Crippen LogP contribution in [0.5, 0.6) is 0 Å². The second kappa shape index (κ2) is 8.42. The molecule has 1 aromatic heterocycles. The first-order valence-corrected chi connectivity index (χ1v) is 8.25. The average Bonchev–Trinajstić information content (AvgIpc) is 2.87. The van der Waals surface area contributed by atoms with Gasteiger partial charge in [-0.05, 0) is 32.2 Å². The third-order valence-electron chi connectivity index (χ3n) is 4.25. The summed E-state index contributed by atoms with van der Waals surface area (Å²) in [4.78, 5) is 0. The lowest BCUT2D eigenvalue weighted by Gasteiger charge is -2.24. The van der Waals surface area contributed by atoms with E-state index in [0.29, 0.717) is 12.6 Å². The second-order valence-electron chi connectivity index (χ2n) is 5.81. The van der Waals surface area contributed by atoms with Crippen molar-refractivity contribution in [2.75, 3.05) is 13.2 Å². The molecule has 0 spiro atoms. The van der Waals surface area contributed by atoms with Crippen molar-refractivity contribution in [1.29, 1.82) is 0 Å².